The summed E-state index contributed by atoms with van der Waals surface area (Å²) in [7, 11) is 1.72. The highest BCUT2D eigenvalue weighted by Crippen LogP contribution is 2.30. The van der Waals surface area contributed by atoms with Gasteiger partial charge in [-0.25, -0.2) is 9.59 Å². The minimum absolute atomic E-state index is 0.0519. The first-order valence-corrected chi connectivity index (χ1v) is 16.0. The minimum atomic E-state index is -0.459. The van der Waals surface area contributed by atoms with E-state index in [0.717, 1.165) is 42.1 Å². The van der Waals surface area contributed by atoms with Gasteiger partial charge in [0.05, 0.1) is 31.3 Å². The van der Waals surface area contributed by atoms with E-state index in [-0.39, 0.29) is 49.5 Å². The lowest BCUT2D eigenvalue weighted by molar-refractivity contribution is -0.134. The molecule has 1 heterocycles. The Balaban J connectivity index is 1.34. The van der Waals surface area contributed by atoms with Crippen molar-refractivity contribution in [2.24, 2.45) is 5.92 Å². The second kappa shape index (κ2) is 14.6. The van der Waals surface area contributed by atoms with Crippen molar-refractivity contribution in [2.45, 2.75) is 70.6 Å². The maximum absolute atomic E-state index is 13.6. The molecule has 0 spiro atoms. The van der Waals surface area contributed by atoms with E-state index in [1.165, 1.54) is 6.42 Å². The van der Waals surface area contributed by atoms with Crippen LogP contribution >= 0.6 is 0 Å². The molecule has 5 amide bonds. The van der Waals surface area contributed by atoms with E-state index in [9.17, 15) is 19.5 Å². The molecule has 1 aliphatic carbocycles. The summed E-state index contributed by atoms with van der Waals surface area (Å²) in [5.41, 5.74) is 1.92. The Kier molecular flexibility index (Phi) is 10.4. The number of amides is 5. The zero-order chi connectivity index (χ0) is 31.9. The maximum atomic E-state index is 13.6. The number of urea groups is 2. The first-order valence-electron chi connectivity index (χ1n) is 16.0. The van der Waals surface area contributed by atoms with Crippen LogP contribution in [0.4, 0.5) is 21.0 Å². The van der Waals surface area contributed by atoms with Crippen molar-refractivity contribution in [1.82, 2.24) is 15.1 Å². The SMILES string of the molecule is C[C@H]1CN([C@@H](C)CO)C(=O)Cc2cc(NC(=O)NC3CCCCC3)ccc2O[C@@H]1CN(C)C(=O)Nc1cccc2ccccc12. The smallest absolute Gasteiger partial charge is 0.321 e. The Morgan fingerprint density at radius 1 is 1.04 bits per heavy atom. The van der Waals surface area contributed by atoms with Gasteiger partial charge in [0.1, 0.15) is 11.9 Å². The van der Waals surface area contributed by atoms with Crippen LogP contribution in [0.15, 0.2) is 60.7 Å². The highest BCUT2D eigenvalue weighted by Gasteiger charge is 2.32. The third-order valence-electron chi connectivity index (χ3n) is 8.95. The molecule has 4 N–H and O–H groups in total. The normalized spacial score (nSPS) is 19.7. The van der Waals surface area contributed by atoms with Gasteiger partial charge in [0.15, 0.2) is 0 Å². The summed E-state index contributed by atoms with van der Waals surface area (Å²) in [5, 5.41) is 21.0. The fourth-order valence-corrected chi connectivity index (χ4v) is 6.22. The molecule has 5 rings (SSSR count). The predicted octanol–water partition coefficient (Wildman–Crippen LogP) is 5.61. The Hall–Kier alpha value is -4.31. The summed E-state index contributed by atoms with van der Waals surface area (Å²) in [6.45, 7) is 4.25. The van der Waals surface area contributed by atoms with E-state index < -0.39 is 12.1 Å². The minimum Gasteiger partial charge on any atom is -0.488 e. The van der Waals surface area contributed by atoms with E-state index >= 15 is 0 Å². The highest BCUT2D eigenvalue weighted by molar-refractivity contribution is 6.01. The van der Waals surface area contributed by atoms with Gasteiger partial charge < -0.3 is 35.6 Å². The van der Waals surface area contributed by atoms with Gasteiger partial charge in [0, 0.05) is 42.2 Å². The molecule has 1 aliphatic heterocycles. The number of likely N-dealkylation sites (N-methyl/N-ethyl adjacent to an activating group) is 1. The molecule has 3 aromatic carbocycles. The predicted molar refractivity (Wildman–Crippen MR) is 177 cm³/mol. The molecule has 0 unspecified atom stereocenters. The Bertz CT molecular complexity index is 1500. The van der Waals surface area contributed by atoms with Crippen molar-refractivity contribution < 1.29 is 24.2 Å². The molecule has 1 saturated carbocycles. The van der Waals surface area contributed by atoms with Crippen LogP contribution in [-0.4, -0.2) is 77.8 Å². The molecule has 0 saturated heterocycles. The molecule has 1 fully saturated rings. The number of carbonyl (C=O) groups is 3. The highest BCUT2D eigenvalue weighted by atomic mass is 16.5. The molecule has 0 aromatic heterocycles. The van der Waals surface area contributed by atoms with Gasteiger partial charge in [-0.2, -0.15) is 0 Å². The van der Waals surface area contributed by atoms with Crippen molar-refractivity contribution in [2.75, 3.05) is 37.4 Å². The first kappa shape index (κ1) is 32.1. The van der Waals surface area contributed by atoms with E-state index in [0.29, 0.717) is 23.5 Å². The molecule has 3 aromatic rings. The molecule has 0 bridgehead atoms. The van der Waals surface area contributed by atoms with Crippen molar-refractivity contribution >= 4 is 40.1 Å². The van der Waals surface area contributed by atoms with Gasteiger partial charge in [-0.1, -0.05) is 62.6 Å². The van der Waals surface area contributed by atoms with Gasteiger partial charge in [-0.15, -0.1) is 0 Å². The monoisotopic (exact) mass is 615 g/mol. The van der Waals surface area contributed by atoms with E-state index in [1.54, 1.807) is 35.0 Å². The van der Waals surface area contributed by atoms with Crippen LogP contribution in [0.3, 0.4) is 0 Å². The molecule has 240 valence electrons. The zero-order valence-electron chi connectivity index (χ0n) is 26.4. The third-order valence-corrected chi connectivity index (χ3v) is 8.95. The van der Waals surface area contributed by atoms with Crippen LogP contribution in [0.25, 0.3) is 10.8 Å². The second-order valence-electron chi connectivity index (χ2n) is 12.5. The fourth-order valence-electron chi connectivity index (χ4n) is 6.22. The lowest BCUT2D eigenvalue weighted by atomic mass is 9.96. The standard InChI is InChI=1S/C35H45N5O5/c1-23-20-40(24(2)22-41)33(42)19-26-18-28(37-34(43)36-27-12-5-4-6-13-27)16-17-31(26)45-32(23)21-39(3)35(44)38-30-15-9-11-25-10-7-8-14-29(25)30/h7-11,14-18,23-24,27,32,41H,4-6,12-13,19-22H2,1-3H3,(H,38,44)(H2,36,37,43)/t23-,24-,32+/m0/s1. The van der Waals surface area contributed by atoms with Crippen molar-refractivity contribution in [3.8, 4) is 5.75 Å². The van der Waals surface area contributed by atoms with Gasteiger partial charge in [0.25, 0.3) is 0 Å². The van der Waals surface area contributed by atoms with Gasteiger partial charge in [-0.3, -0.25) is 4.79 Å². The number of carbonyl (C=O) groups excluding carboxylic acids is 3. The van der Waals surface area contributed by atoms with Gasteiger partial charge in [0.2, 0.25) is 5.91 Å². The molecule has 2 aliphatic rings. The fraction of sp³-hybridized carbons (Fsp3) is 0.457. The van der Waals surface area contributed by atoms with Crippen LogP contribution in [0.2, 0.25) is 0 Å². The number of benzene rings is 3. The summed E-state index contributed by atoms with van der Waals surface area (Å²) in [5.74, 6) is 0.223. The molecule has 10 heteroatoms. The topological polar surface area (TPSA) is 123 Å². The number of anilines is 2. The lowest BCUT2D eigenvalue weighted by Gasteiger charge is -2.34. The summed E-state index contributed by atoms with van der Waals surface area (Å²) in [4.78, 5) is 43.0. The van der Waals surface area contributed by atoms with Crippen molar-refractivity contribution in [3.63, 3.8) is 0 Å². The quantitative estimate of drug-likeness (QED) is 0.275. The Labute approximate surface area is 265 Å². The van der Waals surface area contributed by atoms with Gasteiger partial charge >= 0.3 is 12.1 Å². The third kappa shape index (κ3) is 8.05. The van der Waals surface area contributed by atoms with Crippen molar-refractivity contribution in [3.05, 3.63) is 66.2 Å². The van der Waals surface area contributed by atoms with Crippen LogP contribution in [-0.2, 0) is 11.2 Å². The number of aliphatic hydroxyl groups excluding tert-OH is 1. The second-order valence-corrected chi connectivity index (χ2v) is 12.5. The van der Waals surface area contributed by atoms with E-state index in [4.69, 9.17) is 4.74 Å². The van der Waals surface area contributed by atoms with Crippen LogP contribution in [0.1, 0.15) is 51.5 Å². The Morgan fingerprint density at radius 3 is 2.58 bits per heavy atom. The summed E-state index contributed by atoms with van der Waals surface area (Å²) < 4.78 is 6.57. The largest absolute Gasteiger partial charge is 0.488 e. The molecule has 0 radical (unpaired) electrons. The number of nitrogens with zero attached hydrogens (tertiary/aromatic N) is 2. The number of aliphatic hydroxyl groups is 1. The Morgan fingerprint density at radius 2 is 1.80 bits per heavy atom. The molecular weight excluding hydrogens is 570 g/mol. The maximum Gasteiger partial charge on any atom is 0.321 e. The number of hydrogen-bond acceptors (Lipinski definition) is 5. The van der Waals surface area contributed by atoms with E-state index in [2.05, 4.69) is 16.0 Å². The summed E-state index contributed by atoms with van der Waals surface area (Å²) in [6, 6.07) is 18.2. The lowest BCUT2D eigenvalue weighted by Crippen LogP contribution is -2.48. The number of hydrogen-bond donors (Lipinski definition) is 4. The number of nitrogens with one attached hydrogen (secondary N) is 3. The average Bonchev–Trinajstić information content (AvgIpc) is 3.08. The molecule has 10 nitrogen and oxygen atoms in total. The number of ether oxygens (including phenoxy) is 1. The zero-order valence-corrected chi connectivity index (χ0v) is 26.4. The summed E-state index contributed by atoms with van der Waals surface area (Å²) in [6.07, 6.45) is 4.99. The van der Waals surface area contributed by atoms with Gasteiger partial charge in [-0.05, 0) is 49.4 Å². The summed E-state index contributed by atoms with van der Waals surface area (Å²) >= 11 is 0. The average molecular weight is 616 g/mol. The first-order chi connectivity index (χ1) is 21.7. The van der Waals surface area contributed by atoms with Crippen LogP contribution in [0, 0.1) is 5.92 Å². The van der Waals surface area contributed by atoms with Crippen molar-refractivity contribution in [1.29, 1.82) is 0 Å². The van der Waals surface area contributed by atoms with Crippen LogP contribution in [0.5, 0.6) is 5.75 Å². The number of rotatable bonds is 7. The molecule has 45 heavy (non-hydrogen) atoms. The molecule has 3 atom stereocenters. The van der Waals surface area contributed by atoms with Crippen LogP contribution < -0.4 is 20.7 Å². The number of fused-ring (bicyclic) bond motifs is 2. The van der Waals surface area contributed by atoms with E-state index in [1.807, 2.05) is 56.3 Å². The molecular formula is C35H45N5O5.